The Bertz CT molecular complexity index is 907. The molecule has 1 heterocycles. The van der Waals surface area contributed by atoms with Crippen LogP contribution < -0.4 is 10.6 Å². The Balaban J connectivity index is 1.71. The van der Waals surface area contributed by atoms with Crippen LogP contribution in [0.2, 0.25) is 0 Å². The van der Waals surface area contributed by atoms with Crippen LogP contribution in [0.15, 0.2) is 60.8 Å². The highest BCUT2D eigenvalue weighted by Crippen LogP contribution is 2.22. The molecule has 0 atom stereocenters. The first kappa shape index (κ1) is 16.6. The molecule has 0 spiro atoms. The minimum Gasteiger partial charge on any atom is -0.340 e. The first-order valence-corrected chi connectivity index (χ1v) is 7.90. The van der Waals surface area contributed by atoms with Crippen molar-refractivity contribution < 1.29 is 9.18 Å². The average molecular weight is 335 g/mol. The summed E-state index contributed by atoms with van der Waals surface area (Å²) < 4.78 is 13.6. The van der Waals surface area contributed by atoms with E-state index < -0.39 is 11.7 Å². The number of carbonyl (C=O) groups is 1. The molecule has 5 heteroatoms. The molecule has 126 valence electrons. The normalized spacial score (nSPS) is 10.4. The molecule has 0 aliphatic heterocycles. The van der Waals surface area contributed by atoms with E-state index in [2.05, 4.69) is 28.6 Å². The predicted octanol–water partition coefficient (Wildman–Crippen LogP) is 4.83. The maximum Gasteiger partial charge on any atom is 0.258 e. The van der Waals surface area contributed by atoms with Crippen molar-refractivity contribution in [3.63, 3.8) is 0 Å². The summed E-state index contributed by atoms with van der Waals surface area (Å²) in [5.41, 5.74) is 3.83. The maximum atomic E-state index is 13.6. The van der Waals surface area contributed by atoms with Gasteiger partial charge in [-0.15, -0.1) is 0 Å². The van der Waals surface area contributed by atoms with Gasteiger partial charge >= 0.3 is 0 Å². The van der Waals surface area contributed by atoms with Gasteiger partial charge in [0.05, 0.1) is 17.4 Å². The van der Waals surface area contributed by atoms with Crippen molar-refractivity contribution in [1.82, 2.24) is 4.98 Å². The van der Waals surface area contributed by atoms with E-state index in [1.54, 1.807) is 24.3 Å². The molecular formula is C20H18FN3O. The smallest absolute Gasteiger partial charge is 0.258 e. The number of hydrogen-bond donors (Lipinski definition) is 2. The van der Waals surface area contributed by atoms with Crippen LogP contribution in [-0.4, -0.2) is 10.9 Å². The van der Waals surface area contributed by atoms with E-state index in [0.717, 1.165) is 11.3 Å². The van der Waals surface area contributed by atoms with Gasteiger partial charge in [-0.05, 0) is 55.3 Å². The number of aromatic nitrogens is 1. The SMILES string of the molecule is Cc1cccc(Nc2ccc(NC(=O)c3ccccc3F)cn2)c1C. The number of aryl methyl sites for hydroxylation is 1. The van der Waals surface area contributed by atoms with Gasteiger partial charge in [0.25, 0.3) is 5.91 Å². The average Bonchev–Trinajstić information content (AvgIpc) is 2.61. The zero-order chi connectivity index (χ0) is 17.8. The van der Waals surface area contributed by atoms with E-state index in [0.29, 0.717) is 11.5 Å². The summed E-state index contributed by atoms with van der Waals surface area (Å²) in [6.07, 6.45) is 1.53. The first-order chi connectivity index (χ1) is 12.0. The van der Waals surface area contributed by atoms with Gasteiger partial charge < -0.3 is 10.6 Å². The molecule has 0 bridgehead atoms. The highest BCUT2D eigenvalue weighted by molar-refractivity contribution is 6.04. The molecule has 0 aliphatic rings. The van der Waals surface area contributed by atoms with Crippen molar-refractivity contribution in [1.29, 1.82) is 0 Å². The fourth-order valence-corrected chi connectivity index (χ4v) is 2.41. The number of benzene rings is 2. The molecule has 3 aromatic rings. The molecule has 1 amide bonds. The Labute approximate surface area is 145 Å². The Morgan fingerprint density at radius 2 is 1.80 bits per heavy atom. The molecule has 3 rings (SSSR count). The molecule has 0 saturated heterocycles. The van der Waals surface area contributed by atoms with Gasteiger partial charge in [-0.25, -0.2) is 9.37 Å². The van der Waals surface area contributed by atoms with E-state index in [1.807, 2.05) is 19.1 Å². The molecule has 0 unspecified atom stereocenters. The lowest BCUT2D eigenvalue weighted by Gasteiger charge is -2.11. The largest absolute Gasteiger partial charge is 0.340 e. The van der Waals surface area contributed by atoms with E-state index >= 15 is 0 Å². The van der Waals surface area contributed by atoms with Gasteiger partial charge in [-0.2, -0.15) is 0 Å². The lowest BCUT2D eigenvalue weighted by molar-refractivity contribution is 0.102. The number of carbonyl (C=O) groups excluding carboxylic acids is 1. The molecule has 2 N–H and O–H groups in total. The van der Waals surface area contributed by atoms with Crippen LogP contribution in [-0.2, 0) is 0 Å². The second-order valence-corrected chi connectivity index (χ2v) is 5.74. The third-order valence-corrected chi connectivity index (χ3v) is 4.01. The van der Waals surface area contributed by atoms with Crippen molar-refractivity contribution in [2.75, 3.05) is 10.6 Å². The van der Waals surface area contributed by atoms with Crippen LogP contribution in [0.5, 0.6) is 0 Å². The molecule has 2 aromatic carbocycles. The molecule has 0 aliphatic carbocycles. The highest BCUT2D eigenvalue weighted by Gasteiger charge is 2.11. The molecule has 1 aromatic heterocycles. The number of nitrogens with one attached hydrogen (secondary N) is 2. The summed E-state index contributed by atoms with van der Waals surface area (Å²) in [4.78, 5) is 16.4. The van der Waals surface area contributed by atoms with Gasteiger partial charge in [0, 0.05) is 5.69 Å². The minimum absolute atomic E-state index is 0.0000806. The number of nitrogens with zero attached hydrogens (tertiary/aromatic N) is 1. The fraction of sp³-hybridized carbons (Fsp3) is 0.100. The van der Waals surface area contributed by atoms with Crippen LogP contribution in [0.3, 0.4) is 0 Å². The lowest BCUT2D eigenvalue weighted by Crippen LogP contribution is -2.13. The van der Waals surface area contributed by atoms with E-state index in [1.165, 1.54) is 23.9 Å². The Kier molecular flexibility index (Phi) is 4.75. The number of pyridine rings is 1. The van der Waals surface area contributed by atoms with Gasteiger partial charge in [-0.1, -0.05) is 24.3 Å². The fourth-order valence-electron chi connectivity index (χ4n) is 2.41. The van der Waals surface area contributed by atoms with E-state index in [4.69, 9.17) is 0 Å². The number of halogens is 1. The Morgan fingerprint density at radius 3 is 2.52 bits per heavy atom. The summed E-state index contributed by atoms with van der Waals surface area (Å²) in [5.74, 6) is -0.395. The molecular weight excluding hydrogens is 317 g/mol. The third kappa shape index (κ3) is 3.83. The molecule has 0 radical (unpaired) electrons. The highest BCUT2D eigenvalue weighted by atomic mass is 19.1. The minimum atomic E-state index is -0.554. The summed E-state index contributed by atoms with van der Waals surface area (Å²) in [5, 5.41) is 5.89. The number of rotatable bonds is 4. The van der Waals surface area contributed by atoms with E-state index in [-0.39, 0.29) is 5.56 Å². The standard InChI is InChI=1S/C20H18FN3O/c1-13-6-5-9-18(14(13)2)24-19-11-10-15(12-22-19)23-20(25)16-7-3-4-8-17(16)21/h3-12H,1-2H3,(H,22,24)(H,23,25). The third-order valence-electron chi connectivity index (χ3n) is 4.01. The number of anilines is 3. The maximum absolute atomic E-state index is 13.6. The summed E-state index contributed by atoms with van der Waals surface area (Å²) in [6, 6.07) is 15.4. The topological polar surface area (TPSA) is 54.0 Å². The second kappa shape index (κ2) is 7.13. The van der Waals surface area contributed by atoms with Gasteiger partial charge in [0.1, 0.15) is 11.6 Å². The summed E-state index contributed by atoms with van der Waals surface area (Å²) in [6.45, 7) is 4.09. The molecule has 25 heavy (non-hydrogen) atoms. The summed E-state index contributed by atoms with van der Waals surface area (Å²) >= 11 is 0. The van der Waals surface area contributed by atoms with Gasteiger partial charge in [-0.3, -0.25) is 4.79 Å². The second-order valence-electron chi connectivity index (χ2n) is 5.74. The molecule has 4 nitrogen and oxygen atoms in total. The monoisotopic (exact) mass is 335 g/mol. The van der Waals surface area contributed by atoms with Crippen molar-refractivity contribution in [2.45, 2.75) is 13.8 Å². The van der Waals surface area contributed by atoms with Crippen molar-refractivity contribution >= 4 is 23.1 Å². The van der Waals surface area contributed by atoms with Crippen molar-refractivity contribution in [3.05, 3.63) is 83.3 Å². The van der Waals surface area contributed by atoms with Crippen LogP contribution in [0.4, 0.5) is 21.6 Å². The zero-order valence-corrected chi connectivity index (χ0v) is 14.0. The van der Waals surface area contributed by atoms with Crippen LogP contribution in [0.1, 0.15) is 21.5 Å². The van der Waals surface area contributed by atoms with Crippen molar-refractivity contribution in [3.8, 4) is 0 Å². The van der Waals surface area contributed by atoms with Crippen LogP contribution in [0, 0.1) is 19.7 Å². The van der Waals surface area contributed by atoms with Crippen LogP contribution >= 0.6 is 0 Å². The molecule has 0 saturated carbocycles. The Morgan fingerprint density at radius 1 is 1.00 bits per heavy atom. The van der Waals surface area contributed by atoms with Gasteiger partial charge in [0.15, 0.2) is 0 Å². The quantitative estimate of drug-likeness (QED) is 0.718. The van der Waals surface area contributed by atoms with Gasteiger partial charge in [0.2, 0.25) is 0 Å². The van der Waals surface area contributed by atoms with Crippen molar-refractivity contribution in [2.24, 2.45) is 0 Å². The Hall–Kier alpha value is -3.21. The first-order valence-electron chi connectivity index (χ1n) is 7.90. The zero-order valence-electron chi connectivity index (χ0n) is 14.0. The number of amides is 1. The number of hydrogen-bond acceptors (Lipinski definition) is 3. The molecule has 0 fully saturated rings. The lowest BCUT2D eigenvalue weighted by atomic mass is 10.1. The summed E-state index contributed by atoms with van der Waals surface area (Å²) in [7, 11) is 0. The van der Waals surface area contributed by atoms with Crippen LogP contribution in [0.25, 0.3) is 0 Å². The van der Waals surface area contributed by atoms with E-state index in [9.17, 15) is 9.18 Å². The predicted molar refractivity (Wildman–Crippen MR) is 97.8 cm³/mol.